The fourth-order valence-electron chi connectivity index (χ4n) is 2.23. The van der Waals surface area contributed by atoms with Gasteiger partial charge >= 0.3 is 5.97 Å². The zero-order valence-corrected chi connectivity index (χ0v) is 11.8. The molecule has 1 aliphatic rings. The highest BCUT2D eigenvalue weighted by molar-refractivity contribution is 6.32. The molecule has 1 aromatic rings. The van der Waals surface area contributed by atoms with Gasteiger partial charge in [-0.2, -0.15) is 0 Å². The number of hydrogen-bond acceptors (Lipinski definition) is 6. The van der Waals surface area contributed by atoms with Crippen molar-refractivity contribution in [2.75, 3.05) is 30.4 Å². The maximum Gasteiger partial charge on any atom is 0.302 e. The van der Waals surface area contributed by atoms with Gasteiger partial charge in [-0.1, -0.05) is 11.6 Å². The normalized spacial score (nSPS) is 16.3. The lowest BCUT2D eigenvalue weighted by atomic mass is 10.1. The summed E-state index contributed by atoms with van der Waals surface area (Å²) in [4.78, 5) is 21.3. The Morgan fingerprint density at radius 1 is 1.47 bits per heavy atom. The van der Waals surface area contributed by atoms with E-state index in [0.717, 1.165) is 37.4 Å². The smallest absolute Gasteiger partial charge is 0.302 e. The van der Waals surface area contributed by atoms with Gasteiger partial charge in [0.1, 0.15) is 18.1 Å². The maximum absolute atomic E-state index is 10.9. The number of ether oxygens (including phenoxy) is 1. The fourth-order valence-corrected chi connectivity index (χ4v) is 2.45. The molecule has 0 spiro atoms. The van der Waals surface area contributed by atoms with Crippen LogP contribution in [0.25, 0.3) is 0 Å². The summed E-state index contributed by atoms with van der Waals surface area (Å²) in [6.45, 7) is 3.00. The molecule has 6 nitrogen and oxygen atoms in total. The average molecular weight is 285 g/mol. The molecule has 1 fully saturated rings. The molecule has 0 radical (unpaired) electrons. The predicted octanol–water partition coefficient (Wildman–Crippen LogP) is 1.70. The molecule has 0 aromatic carbocycles. The first-order valence-electron chi connectivity index (χ1n) is 6.22. The summed E-state index contributed by atoms with van der Waals surface area (Å²) in [5, 5.41) is 3.43. The van der Waals surface area contributed by atoms with Crippen molar-refractivity contribution in [2.45, 2.75) is 25.9 Å². The Morgan fingerprint density at radius 2 is 2.16 bits per heavy atom. The minimum absolute atomic E-state index is 0.00379. The number of esters is 1. The summed E-state index contributed by atoms with van der Waals surface area (Å²) < 4.78 is 5.22. The molecule has 104 valence electrons. The summed E-state index contributed by atoms with van der Waals surface area (Å²) >= 11 is 6.04. The van der Waals surface area contributed by atoms with Gasteiger partial charge in [-0.25, -0.2) is 9.97 Å². The van der Waals surface area contributed by atoms with Crippen LogP contribution in [0.15, 0.2) is 6.33 Å². The number of carbonyl (C=O) groups excluding carboxylic acids is 1. The molecule has 0 saturated carbocycles. The van der Waals surface area contributed by atoms with Crippen LogP contribution in [0.4, 0.5) is 11.5 Å². The Balaban J connectivity index is 2.05. The van der Waals surface area contributed by atoms with Crippen molar-refractivity contribution in [3.05, 3.63) is 11.5 Å². The number of nitrogens with one attached hydrogen (secondary N) is 1. The molecule has 0 atom stereocenters. The van der Waals surface area contributed by atoms with E-state index < -0.39 is 0 Å². The molecular weight excluding hydrogens is 268 g/mol. The second-order valence-corrected chi connectivity index (χ2v) is 4.77. The molecule has 7 heteroatoms. The third kappa shape index (κ3) is 3.26. The summed E-state index contributed by atoms with van der Waals surface area (Å²) in [6, 6.07) is 0. The molecule has 2 rings (SSSR count). The van der Waals surface area contributed by atoms with Crippen LogP contribution in [-0.4, -0.2) is 42.2 Å². The van der Waals surface area contributed by atoms with E-state index in [1.54, 1.807) is 7.05 Å². The van der Waals surface area contributed by atoms with E-state index in [1.165, 1.54) is 13.3 Å². The van der Waals surface area contributed by atoms with E-state index >= 15 is 0 Å². The molecule has 19 heavy (non-hydrogen) atoms. The van der Waals surface area contributed by atoms with Gasteiger partial charge < -0.3 is 15.0 Å². The highest BCUT2D eigenvalue weighted by Crippen LogP contribution is 2.30. The molecule has 0 amide bonds. The number of halogens is 1. The van der Waals surface area contributed by atoms with Crippen LogP contribution in [0.1, 0.15) is 19.8 Å². The standard InChI is InChI=1S/C12H17ClN4O2/c1-8(18)19-9-3-5-17(6-4-9)12-10(14-2)11(13)15-7-16-12/h7,9,14H,3-6H2,1-2H3. The number of aromatic nitrogens is 2. The molecule has 0 unspecified atom stereocenters. The van der Waals surface area contributed by atoms with Crippen molar-refractivity contribution in [3.63, 3.8) is 0 Å². The molecule has 1 N–H and O–H groups in total. The van der Waals surface area contributed by atoms with Crippen LogP contribution in [0.5, 0.6) is 0 Å². The highest BCUT2D eigenvalue weighted by atomic mass is 35.5. The first-order chi connectivity index (χ1) is 9.11. The van der Waals surface area contributed by atoms with Crippen LogP contribution in [0.2, 0.25) is 5.15 Å². The highest BCUT2D eigenvalue weighted by Gasteiger charge is 2.24. The average Bonchev–Trinajstić information content (AvgIpc) is 2.38. The molecule has 1 aromatic heterocycles. The number of rotatable bonds is 3. The Bertz CT molecular complexity index is 461. The lowest BCUT2D eigenvalue weighted by molar-refractivity contribution is -0.147. The third-order valence-corrected chi connectivity index (χ3v) is 3.39. The third-order valence-electron chi connectivity index (χ3n) is 3.11. The Labute approximate surface area is 117 Å². The van der Waals surface area contributed by atoms with Gasteiger partial charge in [0, 0.05) is 39.9 Å². The van der Waals surface area contributed by atoms with Gasteiger partial charge in [-0.05, 0) is 0 Å². The zero-order valence-electron chi connectivity index (χ0n) is 11.0. The van der Waals surface area contributed by atoms with Crippen LogP contribution in [0.3, 0.4) is 0 Å². The van der Waals surface area contributed by atoms with Crippen LogP contribution in [0, 0.1) is 0 Å². The SMILES string of the molecule is CNc1c(Cl)ncnc1N1CCC(OC(C)=O)CC1. The van der Waals surface area contributed by atoms with Gasteiger partial charge in [0.15, 0.2) is 11.0 Å². The molecule has 1 aliphatic heterocycles. The number of nitrogens with zero attached hydrogens (tertiary/aromatic N) is 3. The van der Waals surface area contributed by atoms with Crippen molar-refractivity contribution in [2.24, 2.45) is 0 Å². The summed E-state index contributed by atoms with van der Waals surface area (Å²) in [6.07, 6.45) is 3.05. The van der Waals surface area contributed by atoms with Gasteiger partial charge in [-0.3, -0.25) is 4.79 Å². The Hall–Kier alpha value is -1.56. The number of hydrogen-bond donors (Lipinski definition) is 1. The Morgan fingerprint density at radius 3 is 2.74 bits per heavy atom. The summed E-state index contributed by atoms with van der Waals surface area (Å²) in [7, 11) is 1.79. The van der Waals surface area contributed by atoms with Gasteiger partial charge in [0.05, 0.1) is 0 Å². The zero-order chi connectivity index (χ0) is 13.8. The Kier molecular flexibility index (Phi) is 4.42. The lowest BCUT2D eigenvalue weighted by Gasteiger charge is -2.33. The topological polar surface area (TPSA) is 67.3 Å². The summed E-state index contributed by atoms with van der Waals surface area (Å²) in [5.41, 5.74) is 0.732. The maximum atomic E-state index is 10.9. The minimum atomic E-state index is -0.223. The van der Waals surface area contributed by atoms with Crippen molar-refractivity contribution >= 4 is 29.1 Å². The molecular formula is C12H17ClN4O2. The number of piperidine rings is 1. The van der Waals surface area contributed by atoms with E-state index in [1.807, 2.05) is 0 Å². The first-order valence-corrected chi connectivity index (χ1v) is 6.60. The van der Waals surface area contributed by atoms with Crippen LogP contribution >= 0.6 is 11.6 Å². The molecule has 0 bridgehead atoms. The second-order valence-electron chi connectivity index (χ2n) is 4.41. The first kappa shape index (κ1) is 13.9. The van der Waals surface area contributed by atoms with Crippen molar-refractivity contribution in [3.8, 4) is 0 Å². The fraction of sp³-hybridized carbons (Fsp3) is 0.583. The minimum Gasteiger partial charge on any atom is -0.462 e. The predicted molar refractivity (Wildman–Crippen MR) is 73.6 cm³/mol. The number of carbonyl (C=O) groups is 1. The van der Waals surface area contributed by atoms with E-state index in [2.05, 4.69) is 20.2 Å². The monoisotopic (exact) mass is 284 g/mol. The van der Waals surface area contributed by atoms with E-state index in [0.29, 0.717) is 5.15 Å². The molecule has 1 saturated heterocycles. The summed E-state index contributed by atoms with van der Waals surface area (Å²) in [5.74, 6) is 0.572. The molecule has 0 aliphatic carbocycles. The van der Waals surface area contributed by atoms with E-state index in [9.17, 15) is 4.79 Å². The van der Waals surface area contributed by atoms with Crippen molar-refractivity contribution in [1.82, 2.24) is 9.97 Å². The quantitative estimate of drug-likeness (QED) is 0.673. The van der Waals surface area contributed by atoms with Crippen molar-refractivity contribution < 1.29 is 9.53 Å². The number of anilines is 2. The van der Waals surface area contributed by atoms with Gasteiger partial charge in [0.2, 0.25) is 0 Å². The van der Waals surface area contributed by atoms with Gasteiger partial charge in [-0.15, -0.1) is 0 Å². The van der Waals surface area contributed by atoms with Crippen molar-refractivity contribution in [1.29, 1.82) is 0 Å². The lowest BCUT2D eigenvalue weighted by Crippen LogP contribution is -2.38. The largest absolute Gasteiger partial charge is 0.462 e. The van der Waals surface area contributed by atoms with Crippen LogP contribution < -0.4 is 10.2 Å². The van der Waals surface area contributed by atoms with E-state index in [-0.39, 0.29) is 12.1 Å². The van der Waals surface area contributed by atoms with E-state index in [4.69, 9.17) is 16.3 Å². The van der Waals surface area contributed by atoms with Crippen LogP contribution in [-0.2, 0) is 9.53 Å². The second kappa shape index (κ2) is 6.06. The molecule has 2 heterocycles. The van der Waals surface area contributed by atoms with Gasteiger partial charge in [0.25, 0.3) is 0 Å².